The first-order valence-electron chi connectivity index (χ1n) is 9.46. The topological polar surface area (TPSA) is 58.1 Å². The molecule has 0 radical (unpaired) electrons. The second kappa shape index (κ2) is 8.65. The van der Waals surface area contributed by atoms with Crippen LogP contribution in [0.1, 0.15) is 41.0 Å². The van der Waals surface area contributed by atoms with E-state index in [0.29, 0.717) is 18.2 Å². The van der Waals surface area contributed by atoms with Gasteiger partial charge in [-0.25, -0.2) is 9.97 Å². The minimum absolute atomic E-state index is 0.0538. The zero-order valence-electron chi connectivity index (χ0n) is 16.8. The van der Waals surface area contributed by atoms with E-state index in [4.69, 9.17) is 0 Å². The van der Waals surface area contributed by atoms with Crippen LogP contribution in [0.4, 0.5) is 11.6 Å². The summed E-state index contributed by atoms with van der Waals surface area (Å²) in [4.78, 5) is 23.7. The van der Waals surface area contributed by atoms with Crippen molar-refractivity contribution in [1.29, 1.82) is 0 Å². The van der Waals surface area contributed by atoms with Gasteiger partial charge in [-0.1, -0.05) is 42.5 Å². The highest BCUT2D eigenvalue weighted by atomic mass is 16.2. The van der Waals surface area contributed by atoms with E-state index in [2.05, 4.69) is 21.4 Å². The van der Waals surface area contributed by atoms with E-state index in [0.717, 1.165) is 22.4 Å². The van der Waals surface area contributed by atoms with Crippen molar-refractivity contribution in [3.63, 3.8) is 0 Å². The molecule has 0 fully saturated rings. The molecule has 5 heteroatoms. The normalized spacial score (nSPS) is 10.8. The summed E-state index contributed by atoms with van der Waals surface area (Å²) >= 11 is 0. The Hall–Kier alpha value is -3.21. The molecule has 1 aromatic heterocycles. The summed E-state index contributed by atoms with van der Waals surface area (Å²) in [6, 6.07) is 17.9. The van der Waals surface area contributed by atoms with Crippen LogP contribution in [0.25, 0.3) is 0 Å². The lowest BCUT2D eigenvalue weighted by Gasteiger charge is -2.26. The van der Waals surface area contributed by atoms with Crippen molar-refractivity contribution in [3.05, 3.63) is 83.2 Å². The number of aromatic nitrogens is 2. The fourth-order valence-corrected chi connectivity index (χ4v) is 2.95. The predicted molar refractivity (Wildman–Crippen MR) is 113 cm³/mol. The molecule has 2 aromatic carbocycles. The van der Waals surface area contributed by atoms with Gasteiger partial charge >= 0.3 is 0 Å². The third-order valence-corrected chi connectivity index (χ3v) is 4.59. The van der Waals surface area contributed by atoms with Gasteiger partial charge in [-0.2, -0.15) is 0 Å². The smallest absolute Gasteiger partial charge is 0.273 e. The molecule has 0 aliphatic carbocycles. The van der Waals surface area contributed by atoms with Gasteiger partial charge in [0, 0.05) is 24.5 Å². The Balaban J connectivity index is 1.83. The number of nitrogens with one attached hydrogen (secondary N) is 1. The van der Waals surface area contributed by atoms with Gasteiger partial charge in [-0.05, 0) is 56.5 Å². The van der Waals surface area contributed by atoms with Crippen LogP contribution in [-0.2, 0) is 6.54 Å². The second-order valence-electron chi connectivity index (χ2n) is 7.22. The van der Waals surface area contributed by atoms with Crippen molar-refractivity contribution < 1.29 is 4.79 Å². The van der Waals surface area contributed by atoms with Crippen LogP contribution in [0.3, 0.4) is 0 Å². The van der Waals surface area contributed by atoms with Crippen molar-refractivity contribution in [2.75, 3.05) is 5.32 Å². The molecule has 1 N–H and O–H groups in total. The molecule has 28 heavy (non-hydrogen) atoms. The molecule has 0 bridgehead atoms. The van der Waals surface area contributed by atoms with Crippen LogP contribution in [0.5, 0.6) is 0 Å². The number of hydrogen-bond donors (Lipinski definition) is 1. The molecule has 1 heterocycles. The summed E-state index contributed by atoms with van der Waals surface area (Å²) in [5.41, 5.74) is 4.65. The zero-order valence-corrected chi connectivity index (χ0v) is 16.8. The number of anilines is 2. The van der Waals surface area contributed by atoms with Crippen LogP contribution in [-0.4, -0.2) is 26.8 Å². The quantitative estimate of drug-likeness (QED) is 0.667. The Kier molecular flexibility index (Phi) is 6.04. The lowest BCUT2D eigenvalue weighted by molar-refractivity contribution is 0.0684. The van der Waals surface area contributed by atoms with Crippen LogP contribution >= 0.6 is 0 Å². The van der Waals surface area contributed by atoms with Gasteiger partial charge in [-0.15, -0.1) is 0 Å². The van der Waals surface area contributed by atoms with E-state index < -0.39 is 0 Å². The Morgan fingerprint density at radius 2 is 1.82 bits per heavy atom. The molecule has 0 aliphatic rings. The molecule has 0 unspecified atom stereocenters. The number of hydrogen-bond acceptors (Lipinski definition) is 4. The predicted octanol–water partition coefficient (Wildman–Crippen LogP) is 4.89. The number of rotatable bonds is 6. The summed E-state index contributed by atoms with van der Waals surface area (Å²) in [5, 5.41) is 3.23. The molecule has 3 rings (SSSR count). The van der Waals surface area contributed by atoms with E-state index in [1.54, 1.807) is 12.3 Å². The van der Waals surface area contributed by atoms with E-state index in [1.807, 2.05) is 75.1 Å². The van der Waals surface area contributed by atoms with Crippen LogP contribution in [0.2, 0.25) is 0 Å². The Labute approximate surface area is 166 Å². The molecule has 0 spiro atoms. The summed E-state index contributed by atoms with van der Waals surface area (Å²) in [6.45, 7) is 8.63. The number of nitrogens with zero attached hydrogens (tertiary/aromatic N) is 3. The highest BCUT2D eigenvalue weighted by Crippen LogP contribution is 2.20. The summed E-state index contributed by atoms with van der Waals surface area (Å²) < 4.78 is 0. The zero-order chi connectivity index (χ0) is 20.1. The van der Waals surface area contributed by atoms with Gasteiger partial charge in [0.1, 0.15) is 5.69 Å². The Morgan fingerprint density at radius 1 is 1.07 bits per heavy atom. The second-order valence-corrected chi connectivity index (χ2v) is 7.22. The van der Waals surface area contributed by atoms with Crippen LogP contribution in [0.15, 0.2) is 60.8 Å². The third kappa shape index (κ3) is 4.74. The summed E-state index contributed by atoms with van der Waals surface area (Å²) in [5.74, 6) is 0.313. The van der Waals surface area contributed by atoms with Gasteiger partial charge in [0.15, 0.2) is 0 Å². The van der Waals surface area contributed by atoms with Gasteiger partial charge in [0.05, 0.1) is 0 Å². The molecule has 0 saturated carbocycles. The number of aryl methyl sites for hydroxylation is 2. The summed E-state index contributed by atoms with van der Waals surface area (Å²) in [6.07, 6.45) is 1.62. The van der Waals surface area contributed by atoms with Crippen molar-refractivity contribution in [1.82, 2.24) is 14.9 Å². The first kappa shape index (κ1) is 19.5. The Morgan fingerprint density at radius 3 is 2.54 bits per heavy atom. The molecule has 3 aromatic rings. The Bertz CT molecular complexity index is 954. The number of amides is 1. The van der Waals surface area contributed by atoms with Crippen molar-refractivity contribution in [2.45, 2.75) is 40.3 Å². The number of carbonyl (C=O) groups excluding carboxylic acids is 1. The van der Waals surface area contributed by atoms with E-state index in [1.165, 1.54) is 0 Å². The maximum Gasteiger partial charge on any atom is 0.273 e. The average molecular weight is 374 g/mol. The molecule has 1 amide bonds. The minimum atomic E-state index is -0.106. The van der Waals surface area contributed by atoms with Gasteiger partial charge in [0.25, 0.3) is 5.91 Å². The highest BCUT2D eigenvalue weighted by Gasteiger charge is 2.21. The molecule has 0 aliphatic heterocycles. The maximum absolute atomic E-state index is 13.1. The third-order valence-electron chi connectivity index (χ3n) is 4.59. The van der Waals surface area contributed by atoms with Gasteiger partial charge < -0.3 is 10.2 Å². The largest absolute Gasteiger partial charge is 0.331 e. The lowest BCUT2D eigenvalue weighted by atomic mass is 10.1. The number of benzene rings is 2. The fraction of sp³-hybridized carbons (Fsp3) is 0.261. The molecular weight excluding hydrogens is 348 g/mol. The first-order chi connectivity index (χ1) is 13.4. The van der Waals surface area contributed by atoms with E-state index in [-0.39, 0.29) is 11.9 Å². The van der Waals surface area contributed by atoms with Gasteiger partial charge in [-0.3, -0.25) is 4.79 Å². The average Bonchev–Trinajstić information content (AvgIpc) is 2.69. The van der Waals surface area contributed by atoms with Crippen LogP contribution < -0.4 is 5.32 Å². The standard InChI is InChI=1S/C23H26N4O/c1-16(2)27(15-19-8-6-5-7-9-19)22(28)20-12-13-24-23(25-20)26-21-14-17(3)10-11-18(21)4/h5-14,16H,15H2,1-4H3,(H,24,25,26). The van der Waals surface area contributed by atoms with E-state index >= 15 is 0 Å². The van der Waals surface area contributed by atoms with E-state index in [9.17, 15) is 4.79 Å². The molecule has 144 valence electrons. The SMILES string of the molecule is Cc1ccc(C)c(Nc2nccc(C(=O)N(Cc3ccccc3)C(C)C)n2)c1. The molecule has 0 atom stereocenters. The highest BCUT2D eigenvalue weighted by molar-refractivity contribution is 5.92. The summed E-state index contributed by atoms with van der Waals surface area (Å²) in [7, 11) is 0. The maximum atomic E-state index is 13.1. The lowest BCUT2D eigenvalue weighted by Crippen LogP contribution is -2.37. The fourth-order valence-electron chi connectivity index (χ4n) is 2.95. The van der Waals surface area contributed by atoms with Crippen molar-refractivity contribution >= 4 is 17.5 Å². The van der Waals surface area contributed by atoms with Crippen molar-refractivity contribution in [2.24, 2.45) is 0 Å². The monoisotopic (exact) mass is 374 g/mol. The van der Waals surface area contributed by atoms with Crippen molar-refractivity contribution in [3.8, 4) is 0 Å². The molecule has 0 saturated heterocycles. The molecule has 5 nitrogen and oxygen atoms in total. The number of carbonyl (C=O) groups is 1. The van der Waals surface area contributed by atoms with Crippen LogP contribution in [0, 0.1) is 13.8 Å². The van der Waals surface area contributed by atoms with Gasteiger partial charge in [0.2, 0.25) is 5.95 Å². The molecular formula is C23H26N4O. The minimum Gasteiger partial charge on any atom is -0.331 e. The first-order valence-corrected chi connectivity index (χ1v) is 9.46.